The van der Waals surface area contributed by atoms with Crippen molar-refractivity contribution in [1.82, 2.24) is 19.6 Å². The molecule has 0 N–H and O–H groups in total. The second-order valence-electron chi connectivity index (χ2n) is 7.03. The molecule has 1 fully saturated rings. The van der Waals surface area contributed by atoms with E-state index in [4.69, 9.17) is 0 Å². The Hall–Kier alpha value is -1.92. The summed E-state index contributed by atoms with van der Waals surface area (Å²) in [5, 5.41) is 0. The molecular weight excluding hydrogens is 352 g/mol. The van der Waals surface area contributed by atoms with E-state index in [1.165, 1.54) is 5.56 Å². The number of likely N-dealkylation sites (N-methyl/N-ethyl adjacent to an activating group) is 1. The van der Waals surface area contributed by atoms with Gasteiger partial charge in [0, 0.05) is 44.8 Å². The summed E-state index contributed by atoms with van der Waals surface area (Å²) in [7, 11) is 5.86. The van der Waals surface area contributed by atoms with Crippen molar-refractivity contribution in [2.24, 2.45) is 0 Å². The molecule has 0 spiro atoms. The maximum Gasteiger partial charge on any atom is 0.254 e. The van der Waals surface area contributed by atoms with Crippen molar-refractivity contribution in [1.29, 1.82) is 0 Å². The number of carbonyl (C=O) groups is 2. The highest BCUT2D eigenvalue weighted by Crippen LogP contribution is 2.26. The molecule has 6 heteroatoms. The van der Waals surface area contributed by atoms with Crippen molar-refractivity contribution < 1.29 is 9.59 Å². The summed E-state index contributed by atoms with van der Waals surface area (Å²) in [5.41, 5.74) is 3.24. The Morgan fingerprint density at radius 3 is 2.07 bits per heavy atom. The lowest BCUT2D eigenvalue weighted by atomic mass is 10.0. The van der Waals surface area contributed by atoms with Crippen LogP contribution in [0.25, 0.3) is 0 Å². The van der Waals surface area contributed by atoms with Crippen LogP contribution in [0.3, 0.4) is 0 Å². The molecule has 2 heterocycles. The van der Waals surface area contributed by atoms with Crippen LogP contribution < -0.4 is 0 Å². The quantitative estimate of drug-likeness (QED) is 0.796. The molecule has 28 heavy (non-hydrogen) atoms. The van der Waals surface area contributed by atoms with Crippen molar-refractivity contribution in [3.05, 3.63) is 34.9 Å². The SMILES string of the molecule is CC.CC.CN(C)CC(=O)N1CCN(C(=O)c2cccc3c2CN(C)C3)CC1. The highest BCUT2D eigenvalue weighted by Gasteiger charge is 2.28. The van der Waals surface area contributed by atoms with Crippen LogP contribution in [-0.2, 0) is 17.9 Å². The Morgan fingerprint density at radius 2 is 1.50 bits per heavy atom. The second kappa shape index (κ2) is 11.8. The molecule has 0 saturated carbocycles. The van der Waals surface area contributed by atoms with E-state index in [0.717, 1.165) is 24.2 Å². The first-order valence-corrected chi connectivity index (χ1v) is 10.5. The average molecular weight is 391 g/mol. The van der Waals surface area contributed by atoms with Gasteiger partial charge in [-0.15, -0.1) is 0 Å². The first-order valence-electron chi connectivity index (χ1n) is 10.5. The topological polar surface area (TPSA) is 47.1 Å². The Bertz CT molecular complexity index is 637. The summed E-state index contributed by atoms with van der Waals surface area (Å²) in [6.07, 6.45) is 0. The van der Waals surface area contributed by atoms with Gasteiger partial charge in [0.2, 0.25) is 5.91 Å². The van der Waals surface area contributed by atoms with Crippen LogP contribution in [0.5, 0.6) is 0 Å². The average Bonchev–Trinajstić information content (AvgIpc) is 3.10. The van der Waals surface area contributed by atoms with Crippen molar-refractivity contribution in [3.8, 4) is 0 Å². The minimum Gasteiger partial charge on any atom is -0.338 e. The third-order valence-electron chi connectivity index (χ3n) is 4.74. The zero-order valence-electron chi connectivity index (χ0n) is 18.8. The second-order valence-corrected chi connectivity index (χ2v) is 7.03. The first-order chi connectivity index (χ1) is 13.5. The largest absolute Gasteiger partial charge is 0.338 e. The highest BCUT2D eigenvalue weighted by atomic mass is 16.2. The van der Waals surface area contributed by atoms with E-state index in [1.54, 1.807) is 0 Å². The summed E-state index contributed by atoms with van der Waals surface area (Å²) in [5.74, 6) is 0.233. The molecule has 3 rings (SSSR count). The van der Waals surface area contributed by atoms with E-state index in [2.05, 4.69) is 18.0 Å². The zero-order chi connectivity index (χ0) is 21.3. The zero-order valence-corrected chi connectivity index (χ0v) is 18.8. The van der Waals surface area contributed by atoms with Crippen LogP contribution in [0.15, 0.2) is 18.2 Å². The van der Waals surface area contributed by atoms with Crippen molar-refractivity contribution in [3.63, 3.8) is 0 Å². The number of fused-ring (bicyclic) bond motifs is 1. The number of hydrogen-bond acceptors (Lipinski definition) is 4. The minimum atomic E-state index is 0.0989. The molecule has 0 unspecified atom stereocenters. The number of carbonyl (C=O) groups excluding carboxylic acids is 2. The molecule has 0 radical (unpaired) electrons. The number of benzene rings is 1. The molecule has 2 aliphatic rings. The fourth-order valence-electron chi connectivity index (χ4n) is 3.49. The van der Waals surface area contributed by atoms with E-state index in [1.807, 2.05) is 68.6 Å². The van der Waals surface area contributed by atoms with Gasteiger partial charge in [-0.1, -0.05) is 39.8 Å². The Balaban J connectivity index is 0.000000921. The van der Waals surface area contributed by atoms with E-state index in [9.17, 15) is 9.59 Å². The van der Waals surface area contributed by atoms with Crippen LogP contribution in [-0.4, -0.2) is 85.3 Å². The summed E-state index contributed by atoms with van der Waals surface area (Å²) in [6, 6.07) is 6.01. The number of amides is 2. The summed E-state index contributed by atoms with van der Waals surface area (Å²) < 4.78 is 0. The van der Waals surface area contributed by atoms with Gasteiger partial charge < -0.3 is 14.7 Å². The summed E-state index contributed by atoms with van der Waals surface area (Å²) in [6.45, 7) is 12.6. The normalized spacial score (nSPS) is 16.0. The number of nitrogens with zero attached hydrogens (tertiary/aromatic N) is 4. The molecule has 0 atom stereocenters. The van der Waals surface area contributed by atoms with Crippen LogP contribution in [0.2, 0.25) is 0 Å². The molecule has 2 amide bonds. The van der Waals surface area contributed by atoms with Crippen LogP contribution in [0, 0.1) is 0 Å². The molecule has 2 aliphatic heterocycles. The third-order valence-corrected chi connectivity index (χ3v) is 4.74. The van der Waals surface area contributed by atoms with Crippen molar-refractivity contribution in [2.75, 3.05) is 53.9 Å². The van der Waals surface area contributed by atoms with E-state index >= 15 is 0 Å². The van der Waals surface area contributed by atoms with E-state index in [-0.39, 0.29) is 11.8 Å². The summed E-state index contributed by atoms with van der Waals surface area (Å²) >= 11 is 0. The fourth-order valence-corrected chi connectivity index (χ4v) is 3.49. The summed E-state index contributed by atoms with van der Waals surface area (Å²) in [4.78, 5) is 32.9. The Labute approximate surface area is 171 Å². The van der Waals surface area contributed by atoms with Gasteiger partial charge in [0.15, 0.2) is 0 Å². The Morgan fingerprint density at radius 1 is 0.929 bits per heavy atom. The lowest BCUT2D eigenvalue weighted by molar-refractivity contribution is -0.133. The number of piperazine rings is 1. The third kappa shape index (κ3) is 6.04. The van der Waals surface area contributed by atoms with Gasteiger partial charge in [-0.3, -0.25) is 14.5 Å². The fraction of sp³-hybridized carbons (Fsp3) is 0.636. The molecule has 0 aliphatic carbocycles. The van der Waals surface area contributed by atoms with Crippen molar-refractivity contribution >= 4 is 11.8 Å². The maximum absolute atomic E-state index is 12.9. The Kier molecular flexibility index (Phi) is 10.2. The molecule has 1 aromatic rings. The van der Waals surface area contributed by atoms with Crippen LogP contribution in [0.1, 0.15) is 49.2 Å². The van der Waals surface area contributed by atoms with Crippen molar-refractivity contribution in [2.45, 2.75) is 40.8 Å². The first kappa shape index (κ1) is 24.1. The number of hydrogen-bond donors (Lipinski definition) is 0. The van der Waals surface area contributed by atoms with Gasteiger partial charge in [-0.25, -0.2) is 0 Å². The predicted molar refractivity (Wildman–Crippen MR) is 115 cm³/mol. The van der Waals surface area contributed by atoms with Gasteiger partial charge in [0.25, 0.3) is 5.91 Å². The lowest BCUT2D eigenvalue weighted by Crippen LogP contribution is -2.52. The molecule has 158 valence electrons. The highest BCUT2D eigenvalue weighted by molar-refractivity contribution is 5.96. The molecule has 0 bridgehead atoms. The molecule has 6 nitrogen and oxygen atoms in total. The van der Waals surface area contributed by atoms with Crippen LogP contribution >= 0.6 is 0 Å². The van der Waals surface area contributed by atoms with Gasteiger partial charge in [-0.2, -0.15) is 0 Å². The smallest absolute Gasteiger partial charge is 0.254 e. The molecular formula is C22H38N4O2. The van der Waals surface area contributed by atoms with Gasteiger partial charge in [0.1, 0.15) is 0 Å². The predicted octanol–water partition coefficient (Wildman–Crippen LogP) is 2.53. The van der Waals surface area contributed by atoms with Gasteiger partial charge in [-0.05, 0) is 38.3 Å². The monoisotopic (exact) mass is 390 g/mol. The molecule has 0 aromatic heterocycles. The van der Waals surface area contributed by atoms with E-state index < -0.39 is 0 Å². The standard InChI is InChI=1S/C18H26N4O2.2C2H6/c1-19(2)13-17(23)21-7-9-22(10-8-21)18(24)15-6-4-5-14-11-20(3)12-16(14)15;2*1-2/h4-6H,7-13H2,1-3H3;2*1-2H3. The maximum atomic E-state index is 12.9. The van der Waals surface area contributed by atoms with Gasteiger partial charge >= 0.3 is 0 Å². The van der Waals surface area contributed by atoms with Crippen LogP contribution in [0.4, 0.5) is 0 Å². The molecule has 1 saturated heterocycles. The van der Waals surface area contributed by atoms with E-state index in [0.29, 0.717) is 32.7 Å². The minimum absolute atomic E-state index is 0.0989. The number of rotatable bonds is 3. The molecule has 1 aromatic carbocycles. The van der Waals surface area contributed by atoms with Gasteiger partial charge in [0.05, 0.1) is 6.54 Å². The lowest BCUT2D eigenvalue weighted by Gasteiger charge is -2.35.